The molecule has 0 unspecified atom stereocenters. The van der Waals surface area contributed by atoms with Crippen LogP contribution in [0.25, 0.3) is 10.8 Å². The summed E-state index contributed by atoms with van der Waals surface area (Å²) in [4.78, 5) is 12.8. The van der Waals surface area contributed by atoms with Crippen LogP contribution in [-0.2, 0) is 16.5 Å². The van der Waals surface area contributed by atoms with Gasteiger partial charge in [-0.1, -0.05) is 60.5 Å². The molecule has 1 amide bonds. The molecule has 4 aromatic carbocycles. The van der Waals surface area contributed by atoms with Gasteiger partial charge in [-0.25, -0.2) is 0 Å². The molecule has 0 radical (unpaired) electrons. The molecule has 0 spiro atoms. The fraction of sp³-hybridized carbons (Fsp3) is 0.148. The van der Waals surface area contributed by atoms with E-state index in [1.165, 1.54) is 12.1 Å². The second kappa shape index (κ2) is 11.6. The summed E-state index contributed by atoms with van der Waals surface area (Å²) >= 11 is 12.4. The Balaban J connectivity index is 1.85. The zero-order valence-corrected chi connectivity index (χ0v) is 23.1. The highest BCUT2D eigenvalue weighted by molar-refractivity contribution is 7.86. The van der Waals surface area contributed by atoms with E-state index in [0.29, 0.717) is 35.1 Å². The number of azo groups is 1. The number of carbonyl (C=O) groups is 1. The summed E-state index contributed by atoms with van der Waals surface area (Å²) in [6.07, 6.45) is 0.461. The molecule has 0 aromatic heterocycles. The fourth-order valence-electron chi connectivity index (χ4n) is 3.92. The molecule has 0 aliphatic heterocycles. The van der Waals surface area contributed by atoms with Gasteiger partial charge in [0.25, 0.3) is 16.0 Å². The number of nitrogens with zero attached hydrogens (tertiary/aromatic N) is 2. The van der Waals surface area contributed by atoms with E-state index in [1.807, 2.05) is 6.92 Å². The Labute approximate surface area is 234 Å². The van der Waals surface area contributed by atoms with Crippen molar-refractivity contribution in [2.75, 3.05) is 11.9 Å². The zero-order valence-electron chi connectivity index (χ0n) is 20.8. The van der Waals surface area contributed by atoms with Crippen molar-refractivity contribution in [3.05, 3.63) is 81.8 Å². The highest BCUT2D eigenvalue weighted by Gasteiger charge is 2.22. The molecule has 0 atom stereocenters. The standard InChI is InChI=1S/C27H23Cl2N3O6S/c1-3-15-13-21(23(14-20(15)29)39(35,36)37)31-32-24-17-9-6-5-8-16(17)12-18(26(24)33)27(34)30-25-19(28)10-7-11-22(25)38-4-2/h5-14,33H,3-4H2,1-2H3,(H,30,34)(H,35,36,37). The Morgan fingerprint density at radius 2 is 1.74 bits per heavy atom. The monoisotopic (exact) mass is 587 g/mol. The van der Waals surface area contributed by atoms with Gasteiger partial charge in [0.2, 0.25) is 0 Å². The van der Waals surface area contributed by atoms with E-state index in [9.17, 15) is 22.9 Å². The summed E-state index contributed by atoms with van der Waals surface area (Å²) in [6, 6.07) is 15.7. The van der Waals surface area contributed by atoms with Gasteiger partial charge in [0, 0.05) is 10.4 Å². The number of nitrogens with one attached hydrogen (secondary N) is 1. The van der Waals surface area contributed by atoms with Crippen LogP contribution in [0.4, 0.5) is 17.1 Å². The maximum atomic E-state index is 13.3. The number of phenols is 1. The van der Waals surface area contributed by atoms with Crippen LogP contribution in [0.3, 0.4) is 0 Å². The van der Waals surface area contributed by atoms with Gasteiger partial charge in [0.1, 0.15) is 27.7 Å². The zero-order chi connectivity index (χ0) is 28.3. The minimum Gasteiger partial charge on any atom is -0.505 e. The molecule has 0 aliphatic carbocycles. The van der Waals surface area contributed by atoms with Crippen LogP contribution < -0.4 is 10.1 Å². The third-order valence-corrected chi connectivity index (χ3v) is 7.35. The average molecular weight is 588 g/mol. The van der Waals surface area contributed by atoms with Crippen LogP contribution in [-0.4, -0.2) is 30.6 Å². The van der Waals surface area contributed by atoms with Crippen molar-refractivity contribution >= 4 is 67.1 Å². The maximum Gasteiger partial charge on any atom is 0.296 e. The normalized spacial score (nSPS) is 11.7. The third-order valence-electron chi connectivity index (χ3n) is 5.80. The van der Waals surface area contributed by atoms with Gasteiger partial charge < -0.3 is 15.2 Å². The number of aryl methyl sites for hydroxylation is 1. The number of benzene rings is 4. The van der Waals surface area contributed by atoms with E-state index in [2.05, 4.69) is 15.5 Å². The fourth-order valence-corrected chi connectivity index (χ4v) is 5.13. The predicted molar refractivity (Wildman–Crippen MR) is 151 cm³/mol. The molecule has 39 heavy (non-hydrogen) atoms. The van der Waals surface area contributed by atoms with Gasteiger partial charge in [-0.3, -0.25) is 9.35 Å². The molecule has 0 saturated carbocycles. The lowest BCUT2D eigenvalue weighted by atomic mass is 10.0. The van der Waals surface area contributed by atoms with Crippen LogP contribution in [0.1, 0.15) is 29.8 Å². The number of rotatable bonds is 8. The Hall–Kier alpha value is -3.70. The largest absolute Gasteiger partial charge is 0.505 e. The number of halogens is 2. The molecule has 0 heterocycles. The Morgan fingerprint density at radius 3 is 2.44 bits per heavy atom. The van der Waals surface area contributed by atoms with Gasteiger partial charge in [-0.2, -0.15) is 8.42 Å². The van der Waals surface area contributed by atoms with E-state index in [0.717, 1.165) is 6.07 Å². The van der Waals surface area contributed by atoms with Gasteiger partial charge in [0.15, 0.2) is 5.75 Å². The number of anilines is 1. The summed E-state index contributed by atoms with van der Waals surface area (Å²) < 4.78 is 39.2. The summed E-state index contributed by atoms with van der Waals surface area (Å²) in [6.45, 7) is 3.94. The van der Waals surface area contributed by atoms with E-state index in [1.54, 1.807) is 49.4 Å². The Morgan fingerprint density at radius 1 is 1.00 bits per heavy atom. The van der Waals surface area contributed by atoms with Crippen LogP contribution in [0.5, 0.6) is 11.5 Å². The summed E-state index contributed by atoms with van der Waals surface area (Å²) in [7, 11) is -4.70. The van der Waals surface area contributed by atoms with Crippen molar-refractivity contribution in [3.63, 3.8) is 0 Å². The highest BCUT2D eigenvalue weighted by atomic mass is 35.5. The third kappa shape index (κ3) is 5.99. The number of hydrogen-bond acceptors (Lipinski definition) is 7. The van der Waals surface area contributed by atoms with E-state index < -0.39 is 26.7 Å². The summed E-state index contributed by atoms with van der Waals surface area (Å²) in [5.41, 5.74) is 0.398. The molecule has 4 aromatic rings. The number of para-hydroxylation sites is 1. The smallest absolute Gasteiger partial charge is 0.296 e. The summed E-state index contributed by atoms with van der Waals surface area (Å²) in [5, 5.41) is 23.4. The van der Waals surface area contributed by atoms with Gasteiger partial charge in [-0.05, 0) is 54.6 Å². The second-order valence-corrected chi connectivity index (χ2v) is 10.5. The second-order valence-electron chi connectivity index (χ2n) is 8.28. The van der Waals surface area contributed by atoms with Crippen LogP contribution >= 0.6 is 23.2 Å². The first-order chi connectivity index (χ1) is 18.5. The number of hydrogen-bond donors (Lipinski definition) is 3. The van der Waals surface area contributed by atoms with Crippen molar-refractivity contribution in [1.82, 2.24) is 0 Å². The number of carbonyl (C=O) groups excluding carboxylic acids is 1. The van der Waals surface area contributed by atoms with E-state index in [-0.39, 0.29) is 32.7 Å². The van der Waals surface area contributed by atoms with Crippen LogP contribution in [0.15, 0.2) is 75.8 Å². The molecular weight excluding hydrogens is 565 g/mol. The SMILES string of the molecule is CCOc1cccc(Cl)c1NC(=O)c1cc2ccccc2c(N=Nc2cc(CC)c(Cl)cc2S(=O)(=O)O)c1O. The lowest BCUT2D eigenvalue weighted by Gasteiger charge is -2.15. The molecule has 0 saturated heterocycles. The van der Waals surface area contributed by atoms with Crippen LogP contribution in [0, 0.1) is 0 Å². The minimum atomic E-state index is -4.70. The molecular formula is C27H23Cl2N3O6S. The molecule has 9 nitrogen and oxygen atoms in total. The average Bonchev–Trinajstić information content (AvgIpc) is 2.89. The topological polar surface area (TPSA) is 138 Å². The first kappa shape index (κ1) is 28.3. The van der Waals surface area contributed by atoms with Gasteiger partial charge in [-0.15, -0.1) is 10.2 Å². The molecule has 3 N–H and O–H groups in total. The van der Waals surface area contributed by atoms with Gasteiger partial charge >= 0.3 is 0 Å². The first-order valence-electron chi connectivity index (χ1n) is 11.7. The minimum absolute atomic E-state index is 0.0864. The molecule has 12 heteroatoms. The Kier molecular flexibility index (Phi) is 8.41. The molecule has 0 bridgehead atoms. The molecule has 0 fully saturated rings. The Bertz CT molecular complexity index is 1720. The highest BCUT2D eigenvalue weighted by Crippen LogP contribution is 2.41. The maximum absolute atomic E-state index is 13.3. The molecule has 0 aliphatic rings. The van der Waals surface area contributed by atoms with E-state index >= 15 is 0 Å². The quantitative estimate of drug-likeness (QED) is 0.142. The lowest BCUT2D eigenvalue weighted by Crippen LogP contribution is -2.14. The van der Waals surface area contributed by atoms with Crippen molar-refractivity contribution < 1.29 is 27.6 Å². The predicted octanol–water partition coefficient (Wildman–Crippen LogP) is 7.73. The molecule has 4 rings (SSSR count). The van der Waals surface area contributed by atoms with Gasteiger partial charge in [0.05, 0.1) is 17.2 Å². The number of amides is 1. The number of fused-ring (bicyclic) bond motifs is 1. The molecule has 202 valence electrons. The van der Waals surface area contributed by atoms with Crippen molar-refractivity contribution in [2.24, 2.45) is 10.2 Å². The van der Waals surface area contributed by atoms with Crippen LogP contribution in [0.2, 0.25) is 10.0 Å². The number of ether oxygens (including phenoxy) is 1. The summed E-state index contributed by atoms with van der Waals surface area (Å²) in [5.74, 6) is -0.842. The van der Waals surface area contributed by atoms with Crippen molar-refractivity contribution in [1.29, 1.82) is 0 Å². The van der Waals surface area contributed by atoms with E-state index in [4.69, 9.17) is 27.9 Å². The number of aromatic hydroxyl groups is 1. The first-order valence-corrected chi connectivity index (χ1v) is 13.9. The lowest BCUT2D eigenvalue weighted by molar-refractivity contribution is 0.102. The van der Waals surface area contributed by atoms with Crippen molar-refractivity contribution in [2.45, 2.75) is 25.2 Å². The number of phenolic OH excluding ortho intramolecular Hbond substituents is 1. The van der Waals surface area contributed by atoms with Crippen molar-refractivity contribution in [3.8, 4) is 11.5 Å².